The second kappa shape index (κ2) is 4.91. The van der Waals surface area contributed by atoms with Gasteiger partial charge in [-0.05, 0) is 13.8 Å². The molecule has 4 heterocycles. The average Bonchev–Trinajstić information content (AvgIpc) is 3.15. The second-order valence-electron chi connectivity index (χ2n) is 7.94. The van der Waals surface area contributed by atoms with Gasteiger partial charge < -0.3 is 9.84 Å². The average molecular weight is 363 g/mol. The molecule has 2 bridgehead atoms. The van der Waals surface area contributed by atoms with Crippen LogP contribution < -0.4 is 4.90 Å². The Morgan fingerprint density at radius 2 is 1.89 bits per heavy atom. The number of aliphatic hydroxyl groups is 1. The largest absolute Gasteiger partial charge is 0.390 e. The molecular weight excluding hydrogens is 346 g/mol. The molecule has 2 amide bonds. The molecule has 1 aromatic carbocycles. The molecule has 3 aliphatic heterocycles. The number of anilines is 1. The maximum absolute atomic E-state index is 13.3. The first-order chi connectivity index (χ1) is 12.8. The van der Waals surface area contributed by atoms with Gasteiger partial charge in [-0.15, -0.1) is 0 Å². The van der Waals surface area contributed by atoms with Crippen molar-refractivity contribution in [1.29, 1.82) is 5.26 Å². The fourth-order valence-electron chi connectivity index (χ4n) is 5.20. The highest BCUT2D eigenvalue weighted by molar-refractivity contribution is 6.26. The summed E-state index contributed by atoms with van der Waals surface area (Å²) in [6.45, 7) is 3.49. The number of aromatic nitrogens is 1. The summed E-state index contributed by atoms with van der Waals surface area (Å²) in [7, 11) is 0. The van der Waals surface area contributed by atoms with E-state index < -0.39 is 29.1 Å². The number of amides is 2. The van der Waals surface area contributed by atoms with Crippen LogP contribution in [0, 0.1) is 23.2 Å². The lowest BCUT2D eigenvalue weighted by molar-refractivity contribution is -0.132. The van der Waals surface area contributed by atoms with Gasteiger partial charge >= 0.3 is 0 Å². The number of ether oxygens (including phenoxy) is 1. The maximum Gasteiger partial charge on any atom is 0.240 e. The van der Waals surface area contributed by atoms with E-state index in [2.05, 4.69) is 4.98 Å². The van der Waals surface area contributed by atoms with Crippen LogP contribution in [0.5, 0.6) is 0 Å². The highest BCUT2D eigenvalue weighted by Gasteiger charge is 2.75. The first-order valence-corrected chi connectivity index (χ1v) is 8.86. The molecule has 2 aromatic rings. The van der Waals surface area contributed by atoms with Crippen LogP contribution in [0.3, 0.4) is 0 Å². The van der Waals surface area contributed by atoms with Crippen molar-refractivity contribution in [1.82, 2.24) is 4.98 Å². The molecule has 0 saturated carbocycles. The van der Waals surface area contributed by atoms with Gasteiger partial charge in [-0.3, -0.25) is 9.59 Å². The number of nitrogens with zero attached hydrogens (tertiary/aromatic N) is 3. The van der Waals surface area contributed by atoms with E-state index in [1.807, 2.05) is 6.07 Å². The van der Waals surface area contributed by atoms with Gasteiger partial charge in [0, 0.05) is 17.2 Å². The smallest absolute Gasteiger partial charge is 0.240 e. The van der Waals surface area contributed by atoms with Crippen molar-refractivity contribution in [3.8, 4) is 6.07 Å². The maximum atomic E-state index is 13.3. The van der Waals surface area contributed by atoms with Crippen LogP contribution in [0.4, 0.5) is 5.69 Å². The predicted octanol–water partition coefficient (Wildman–Crippen LogP) is 1.52. The summed E-state index contributed by atoms with van der Waals surface area (Å²) < 4.78 is 6.00. The number of hydrogen-bond donors (Lipinski definition) is 1. The number of rotatable bonds is 1. The summed E-state index contributed by atoms with van der Waals surface area (Å²) in [6, 6.07) is 9.13. The molecule has 0 aliphatic carbocycles. The van der Waals surface area contributed by atoms with Gasteiger partial charge in [0.1, 0.15) is 17.4 Å². The number of pyridine rings is 1. The van der Waals surface area contributed by atoms with Crippen molar-refractivity contribution in [2.24, 2.45) is 11.8 Å². The Kier molecular flexibility index (Phi) is 2.98. The van der Waals surface area contributed by atoms with Crippen molar-refractivity contribution >= 4 is 28.3 Å². The summed E-state index contributed by atoms with van der Waals surface area (Å²) in [5.74, 6) is -2.08. The molecule has 27 heavy (non-hydrogen) atoms. The van der Waals surface area contributed by atoms with Crippen LogP contribution >= 0.6 is 0 Å². The molecule has 3 fully saturated rings. The van der Waals surface area contributed by atoms with Crippen LogP contribution in [0.15, 0.2) is 30.5 Å². The summed E-state index contributed by atoms with van der Waals surface area (Å²) >= 11 is 0. The van der Waals surface area contributed by atoms with E-state index >= 15 is 0 Å². The Morgan fingerprint density at radius 3 is 2.59 bits per heavy atom. The summed E-state index contributed by atoms with van der Waals surface area (Å²) in [4.78, 5) is 31.9. The minimum absolute atomic E-state index is 0.242. The van der Waals surface area contributed by atoms with Gasteiger partial charge in [-0.2, -0.15) is 5.26 Å². The third kappa shape index (κ3) is 1.79. The van der Waals surface area contributed by atoms with Crippen LogP contribution in [-0.2, 0) is 14.3 Å². The second-order valence-corrected chi connectivity index (χ2v) is 7.94. The topological polar surface area (TPSA) is 104 Å². The molecule has 3 aliphatic rings. The third-order valence-electron chi connectivity index (χ3n) is 6.42. The van der Waals surface area contributed by atoms with Gasteiger partial charge in [0.25, 0.3) is 0 Å². The minimum Gasteiger partial charge on any atom is -0.390 e. The molecule has 3 saturated heterocycles. The van der Waals surface area contributed by atoms with Gasteiger partial charge in [0.2, 0.25) is 11.8 Å². The number of aliphatic hydroxyl groups excluding tert-OH is 1. The van der Waals surface area contributed by atoms with E-state index in [9.17, 15) is 20.0 Å². The van der Waals surface area contributed by atoms with E-state index in [-0.39, 0.29) is 17.5 Å². The Balaban J connectivity index is 1.69. The molecule has 0 radical (unpaired) electrons. The van der Waals surface area contributed by atoms with Crippen LogP contribution in [0.2, 0.25) is 0 Å². The van der Waals surface area contributed by atoms with E-state index in [1.54, 1.807) is 38.1 Å². The Morgan fingerprint density at radius 1 is 1.22 bits per heavy atom. The number of carbonyl (C=O) groups is 2. The molecule has 0 unspecified atom stereocenters. The van der Waals surface area contributed by atoms with Gasteiger partial charge in [-0.1, -0.05) is 24.3 Å². The molecule has 7 heteroatoms. The zero-order valence-corrected chi connectivity index (χ0v) is 14.8. The number of nitriles is 1. The van der Waals surface area contributed by atoms with Crippen molar-refractivity contribution in [2.45, 2.75) is 37.6 Å². The Hall–Kier alpha value is -2.82. The lowest BCUT2D eigenvalue weighted by Crippen LogP contribution is -2.49. The van der Waals surface area contributed by atoms with E-state index in [1.165, 1.54) is 11.1 Å². The normalized spacial score (nSPS) is 37.1. The van der Waals surface area contributed by atoms with Crippen LogP contribution in [-0.4, -0.2) is 39.2 Å². The van der Waals surface area contributed by atoms with Gasteiger partial charge in [-0.25, -0.2) is 9.88 Å². The van der Waals surface area contributed by atoms with Crippen LogP contribution in [0.25, 0.3) is 10.8 Å². The highest BCUT2D eigenvalue weighted by Crippen LogP contribution is 2.61. The molecule has 7 nitrogen and oxygen atoms in total. The lowest BCUT2D eigenvalue weighted by atomic mass is 9.67. The fourth-order valence-corrected chi connectivity index (χ4v) is 5.20. The zero-order valence-electron chi connectivity index (χ0n) is 14.8. The Labute approximate surface area is 155 Å². The highest BCUT2D eigenvalue weighted by atomic mass is 16.6. The summed E-state index contributed by atoms with van der Waals surface area (Å²) in [5, 5.41) is 20.9. The number of hydrogen-bond acceptors (Lipinski definition) is 6. The SMILES string of the molecule is C[C@@]12O[C@@](C)(C[C@@H]1O)[C@H]1C(=O)N(c3cnc(C#N)c4ccccc34)C(=O)[C@H]12. The minimum atomic E-state index is -1.07. The number of benzene rings is 1. The molecule has 1 N–H and O–H groups in total. The molecule has 0 spiro atoms. The molecule has 136 valence electrons. The van der Waals surface area contributed by atoms with E-state index in [0.29, 0.717) is 22.9 Å². The monoisotopic (exact) mass is 363 g/mol. The Bertz CT molecular complexity index is 1080. The van der Waals surface area contributed by atoms with Gasteiger partial charge in [0.05, 0.1) is 35.4 Å². The summed E-state index contributed by atoms with van der Waals surface area (Å²) in [6.07, 6.45) is 0.933. The van der Waals surface area contributed by atoms with Crippen molar-refractivity contribution in [3.63, 3.8) is 0 Å². The van der Waals surface area contributed by atoms with Crippen molar-refractivity contribution in [3.05, 3.63) is 36.2 Å². The van der Waals surface area contributed by atoms with E-state index in [0.717, 1.165) is 0 Å². The predicted molar refractivity (Wildman–Crippen MR) is 94.4 cm³/mol. The van der Waals surface area contributed by atoms with Crippen LogP contribution in [0.1, 0.15) is 26.0 Å². The molecule has 5 atom stereocenters. The molecular formula is C20H17N3O4. The number of carbonyl (C=O) groups excluding carboxylic acids is 2. The lowest BCUT2D eigenvalue weighted by Gasteiger charge is -2.31. The quantitative estimate of drug-likeness (QED) is 0.771. The first kappa shape index (κ1) is 16.4. The third-order valence-corrected chi connectivity index (χ3v) is 6.42. The fraction of sp³-hybridized carbons (Fsp3) is 0.400. The standard InChI is InChI=1S/C20H17N3O4/c1-19-7-14(24)20(2,27-19)16-15(19)17(25)23(18(16)26)13-9-22-12(8-21)10-5-3-4-6-11(10)13/h3-6,9,14-16,24H,7H2,1-2H3/t14-,15+,16-,19-,20+/m0/s1. The number of imide groups is 1. The first-order valence-electron chi connectivity index (χ1n) is 8.86. The molecule has 1 aromatic heterocycles. The number of fused-ring (bicyclic) bond motifs is 6. The summed E-state index contributed by atoms with van der Waals surface area (Å²) in [5.41, 5.74) is -1.33. The van der Waals surface area contributed by atoms with E-state index in [4.69, 9.17) is 4.74 Å². The van der Waals surface area contributed by atoms with Crippen molar-refractivity contribution in [2.75, 3.05) is 4.90 Å². The van der Waals surface area contributed by atoms with Gasteiger partial charge in [0.15, 0.2) is 0 Å². The van der Waals surface area contributed by atoms with Crippen molar-refractivity contribution < 1.29 is 19.4 Å². The molecule has 5 rings (SSSR count). The zero-order chi connectivity index (χ0) is 19.1.